The number of aliphatic hydroxyl groups is 2. The molecule has 0 spiro atoms. The minimum Gasteiger partial charge on any atom is -0.462 e. The molecular weight excluding hydrogens is 404 g/mol. The zero-order chi connectivity index (χ0) is 22.4. The minimum absolute atomic E-state index is 0.141. The van der Waals surface area contributed by atoms with Crippen LogP contribution in [-0.4, -0.2) is 46.6 Å². The number of ether oxygens (including phenoxy) is 3. The quantitative estimate of drug-likeness (QED) is 0.398. The number of hydrogen-bond donors (Lipinski definition) is 2. The lowest BCUT2D eigenvalue weighted by atomic mass is 9.86. The lowest BCUT2D eigenvalue weighted by molar-refractivity contribution is -0.160. The number of aliphatic hydroxyl groups excluding tert-OH is 1. The van der Waals surface area contributed by atoms with Crippen molar-refractivity contribution >= 4 is 17.9 Å². The molecule has 0 aromatic heterocycles. The van der Waals surface area contributed by atoms with Crippen LogP contribution in [0.2, 0.25) is 0 Å². The number of carbonyl (C=O) groups excluding carboxylic acids is 3. The Hall–Kier alpha value is -2.45. The molecule has 0 saturated heterocycles. The van der Waals surface area contributed by atoms with E-state index in [0.717, 1.165) is 0 Å². The monoisotopic (exact) mass is 434 g/mol. The highest BCUT2D eigenvalue weighted by Crippen LogP contribution is 2.32. The highest BCUT2D eigenvalue weighted by atomic mass is 16.6. The van der Waals surface area contributed by atoms with Crippen molar-refractivity contribution in [1.82, 2.24) is 0 Å². The summed E-state index contributed by atoms with van der Waals surface area (Å²) < 4.78 is 16.1. The molecular formula is C23H30O8. The highest BCUT2D eigenvalue weighted by molar-refractivity contribution is 5.89. The summed E-state index contributed by atoms with van der Waals surface area (Å²) in [6.45, 7) is 1.31. The maximum atomic E-state index is 12.5. The molecule has 0 amide bonds. The van der Waals surface area contributed by atoms with Gasteiger partial charge in [0.2, 0.25) is 0 Å². The highest BCUT2D eigenvalue weighted by Gasteiger charge is 2.32. The second kappa shape index (κ2) is 10.7. The van der Waals surface area contributed by atoms with Crippen molar-refractivity contribution < 1.29 is 38.8 Å². The summed E-state index contributed by atoms with van der Waals surface area (Å²) in [7, 11) is 0. The second-order valence-electron chi connectivity index (χ2n) is 8.38. The third-order valence-corrected chi connectivity index (χ3v) is 6.06. The van der Waals surface area contributed by atoms with Crippen molar-refractivity contribution in [3.05, 3.63) is 29.8 Å². The number of carbonyl (C=O) groups is 3. The van der Waals surface area contributed by atoms with Gasteiger partial charge in [-0.15, -0.1) is 0 Å². The fourth-order valence-electron chi connectivity index (χ4n) is 4.23. The van der Waals surface area contributed by atoms with Crippen LogP contribution in [0.15, 0.2) is 24.3 Å². The van der Waals surface area contributed by atoms with E-state index in [9.17, 15) is 24.6 Å². The van der Waals surface area contributed by atoms with Gasteiger partial charge < -0.3 is 24.4 Å². The molecule has 3 rings (SSSR count). The van der Waals surface area contributed by atoms with Crippen molar-refractivity contribution in [3.63, 3.8) is 0 Å². The Balaban J connectivity index is 1.39. The first-order valence-corrected chi connectivity index (χ1v) is 10.9. The summed E-state index contributed by atoms with van der Waals surface area (Å²) in [5.74, 6) is -1.05. The van der Waals surface area contributed by atoms with E-state index in [1.165, 1.54) is 6.92 Å². The molecule has 170 valence electrons. The van der Waals surface area contributed by atoms with Crippen molar-refractivity contribution in [2.24, 2.45) is 11.8 Å². The zero-order valence-electron chi connectivity index (χ0n) is 17.7. The van der Waals surface area contributed by atoms with E-state index in [0.29, 0.717) is 62.7 Å². The molecule has 0 atom stereocenters. The summed E-state index contributed by atoms with van der Waals surface area (Å²) in [6, 6.07) is 6.18. The molecule has 2 fully saturated rings. The molecule has 0 radical (unpaired) electrons. The Kier molecular flexibility index (Phi) is 8.03. The fourth-order valence-corrected chi connectivity index (χ4v) is 4.23. The Morgan fingerprint density at radius 1 is 0.839 bits per heavy atom. The van der Waals surface area contributed by atoms with Crippen molar-refractivity contribution in [2.75, 3.05) is 0 Å². The van der Waals surface area contributed by atoms with Crippen LogP contribution in [-0.2, 0) is 19.1 Å². The van der Waals surface area contributed by atoms with Gasteiger partial charge in [-0.3, -0.25) is 9.59 Å². The van der Waals surface area contributed by atoms with E-state index >= 15 is 0 Å². The first-order valence-electron chi connectivity index (χ1n) is 10.9. The number of benzene rings is 1. The van der Waals surface area contributed by atoms with Crippen molar-refractivity contribution in [2.45, 2.75) is 76.8 Å². The number of hydrogen-bond acceptors (Lipinski definition) is 8. The van der Waals surface area contributed by atoms with Gasteiger partial charge in [-0.2, -0.15) is 0 Å². The Labute approximate surface area is 181 Å². The van der Waals surface area contributed by atoms with Crippen LogP contribution in [0.4, 0.5) is 0 Å². The van der Waals surface area contributed by atoms with Gasteiger partial charge in [-0.25, -0.2) is 4.79 Å². The summed E-state index contributed by atoms with van der Waals surface area (Å²) >= 11 is 0. The van der Waals surface area contributed by atoms with Crippen LogP contribution < -0.4 is 4.74 Å². The number of esters is 3. The molecule has 0 aliphatic heterocycles. The van der Waals surface area contributed by atoms with Gasteiger partial charge in [0.1, 0.15) is 18.0 Å². The third-order valence-electron chi connectivity index (χ3n) is 6.06. The molecule has 0 unspecified atom stereocenters. The van der Waals surface area contributed by atoms with Crippen LogP contribution in [0, 0.1) is 11.8 Å². The Morgan fingerprint density at radius 2 is 1.39 bits per heavy atom. The van der Waals surface area contributed by atoms with Crippen LogP contribution in [0.5, 0.6) is 5.75 Å². The molecule has 2 saturated carbocycles. The predicted octanol–water partition coefficient (Wildman–Crippen LogP) is 2.74. The second-order valence-corrected chi connectivity index (χ2v) is 8.38. The molecule has 8 heteroatoms. The predicted molar refractivity (Wildman–Crippen MR) is 109 cm³/mol. The summed E-state index contributed by atoms with van der Waals surface area (Å²) in [6.07, 6.45) is 3.27. The van der Waals surface area contributed by atoms with Gasteiger partial charge in [0.05, 0.1) is 11.5 Å². The van der Waals surface area contributed by atoms with Gasteiger partial charge in [-0.1, -0.05) is 0 Å². The average Bonchev–Trinajstić information content (AvgIpc) is 2.74. The van der Waals surface area contributed by atoms with Gasteiger partial charge in [0, 0.05) is 12.8 Å². The van der Waals surface area contributed by atoms with Gasteiger partial charge in [0.25, 0.3) is 0 Å². The third kappa shape index (κ3) is 6.77. The van der Waals surface area contributed by atoms with E-state index in [2.05, 4.69) is 0 Å². The normalized spacial score (nSPS) is 26.2. The maximum Gasteiger partial charge on any atom is 0.338 e. The van der Waals surface area contributed by atoms with Crippen LogP contribution in [0.3, 0.4) is 0 Å². The molecule has 1 aromatic carbocycles. The number of rotatable bonds is 6. The molecule has 0 bridgehead atoms. The molecule has 31 heavy (non-hydrogen) atoms. The Morgan fingerprint density at radius 3 is 1.94 bits per heavy atom. The van der Waals surface area contributed by atoms with Crippen LogP contribution >= 0.6 is 0 Å². The largest absolute Gasteiger partial charge is 0.462 e. The summed E-state index contributed by atoms with van der Waals surface area (Å²) in [5.41, 5.74) is 0.376. The molecule has 2 aliphatic carbocycles. The van der Waals surface area contributed by atoms with Crippen molar-refractivity contribution in [3.8, 4) is 5.75 Å². The van der Waals surface area contributed by atoms with Gasteiger partial charge in [0.15, 0.2) is 6.29 Å². The van der Waals surface area contributed by atoms with E-state index in [4.69, 9.17) is 14.2 Å². The minimum atomic E-state index is -1.30. The maximum absolute atomic E-state index is 12.5. The molecule has 2 N–H and O–H groups in total. The first kappa shape index (κ1) is 23.2. The standard InChI is InChI=1S/C23H30O8/c1-14(24)29-18-10-4-16(5-11-18)22(27)31-20-12-6-17(7-13-20)23(28)30-19-8-2-15(3-9-19)21(25)26/h4-5,10-11,15,17,19-21,25-26H,2-3,6-9,12-13H2,1H3. The van der Waals surface area contributed by atoms with Gasteiger partial charge in [-0.05, 0) is 75.6 Å². The molecule has 0 heterocycles. The van der Waals surface area contributed by atoms with E-state index in [1.54, 1.807) is 24.3 Å². The van der Waals surface area contributed by atoms with E-state index < -0.39 is 18.2 Å². The van der Waals surface area contributed by atoms with E-state index in [-0.39, 0.29) is 30.0 Å². The fraction of sp³-hybridized carbons (Fsp3) is 0.609. The average molecular weight is 434 g/mol. The summed E-state index contributed by atoms with van der Waals surface area (Å²) in [5, 5.41) is 18.5. The van der Waals surface area contributed by atoms with Crippen LogP contribution in [0.25, 0.3) is 0 Å². The lowest BCUT2D eigenvalue weighted by Crippen LogP contribution is -2.33. The zero-order valence-corrected chi connectivity index (χ0v) is 17.7. The smallest absolute Gasteiger partial charge is 0.338 e. The molecule has 8 nitrogen and oxygen atoms in total. The van der Waals surface area contributed by atoms with Crippen molar-refractivity contribution in [1.29, 1.82) is 0 Å². The molecule has 2 aliphatic rings. The first-order chi connectivity index (χ1) is 14.8. The lowest BCUT2D eigenvalue weighted by Gasteiger charge is -2.31. The van der Waals surface area contributed by atoms with Gasteiger partial charge >= 0.3 is 17.9 Å². The Bertz CT molecular complexity index is 756. The summed E-state index contributed by atoms with van der Waals surface area (Å²) in [4.78, 5) is 35.8. The van der Waals surface area contributed by atoms with E-state index in [1.807, 2.05) is 0 Å². The topological polar surface area (TPSA) is 119 Å². The SMILES string of the molecule is CC(=O)Oc1ccc(C(=O)OC2CCC(C(=O)OC3CCC(C(O)O)CC3)CC2)cc1. The van der Waals surface area contributed by atoms with Crippen LogP contribution in [0.1, 0.15) is 68.6 Å². The molecule has 1 aromatic rings.